The SMILES string of the molecule is N#Cc1cccc(Nc2ccc(C(F)(F)F)cc2)c1. The Morgan fingerprint density at radius 3 is 2.21 bits per heavy atom. The highest BCUT2D eigenvalue weighted by molar-refractivity contribution is 5.61. The molecule has 0 heterocycles. The van der Waals surface area contributed by atoms with Gasteiger partial charge in [0.15, 0.2) is 0 Å². The molecule has 0 aliphatic carbocycles. The summed E-state index contributed by atoms with van der Waals surface area (Å²) in [6, 6.07) is 13.4. The summed E-state index contributed by atoms with van der Waals surface area (Å²) in [7, 11) is 0. The number of nitrogens with zero attached hydrogens (tertiary/aromatic N) is 1. The predicted molar refractivity (Wildman–Crippen MR) is 65.9 cm³/mol. The molecule has 2 rings (SSSR count). The second-order valence-electron chi connectivity index (χ2n) is 3.89. The Labute approximate surface area is 108 Å². The zero-order chi connectivity index (χ0) is 13.9. The number of benzene rings is 2. The fourth-order valence-corrected chi connectivity index (χ4v) is 1.58. The summed E-state index contributed by atoms with van der Waals surface area (Å²) in [4.78, 5) is 0. The fraction of sp³-hybridized carbons (Fsp3) is 0.0714. The zero-order valence-corrected chi connectivity index (χ0v) is 9.70. The van der Waals surface area contributed by atoms with E-state index in [4.69, 9.17) is 5.26 Å². The van der Waals surface area contributed by atoms with Crippen LogP contribution in [-0.2, 0) is 6.18 Å². The molecule has 0 saturated heterocycles. The molecule has 0 unspecified atom stereocenters. The maximum Gasteiger partial charge on any atom is 0.416 e. The summed E-state index contributed by atoms with van der Waals surface area (Å²) in [5, 5.41) is 11.7. The number of alkyl halides is 3. The molecule has 19 heavy (non-hydrogen) atoms. The number of rotatable bonds is 2. The highest BCUT2D eigenvalue weighted by Crippen LogP contribution is 2.30. The Balaban J connectivity index is 2.18. The van der Waals surface area contributed by atoms with Crippen molar-refractivity contribution in [2.45, 2.75) is 6.18 Å². The summed E-state index contributed by atoms with van der Waals surface area (Å²) < 4.78 is 37.2. The Bertz CT molecular complexity index is 610. The number of hydrogen-bond acceptors (Lipinski definition) is 2. The quantitative estimate of drug-likeness (QED) is 0.874. The van der Waals surface area contributed by atoms with Crippen LogP contribution in [0.15, 0.2) is 48.5 Å². The van der Waals surface area contributed by atoms with E-state index in [0.29, 0.717) is 16.9 Å². The van der Waals surface area contributed by atoms with E-state index in [1.165, 1.54) is 12.1 Å². The molecule has 0 bridgehead atoms. The summed E-state index contributed by atoms with van der Waals surface area (Å²) in [6.45, 7) is 0. The third kappa shape index (κ3) is 3.26. The highest BCUT2D eigenvalue weighted by atomic mass is 19.4. The third-order valence-corrected chi connectivity index (χ3v) is 2.49. The Morgan fingerprint density at radius 1 is 0.947 bits per heavy atom. The van der Waals surface area contributed by atoms with E-state index >= 15 is 0 Å². The van der Waals surface area contributed by atoms with E-state index in [1.54, 1.807) is 24.3 Å². The average Bonchev–Trinajstić information content (AvgIpc) is 2.38. The molecule has 0 saturated carbocycles. The van der Waals surface area contributed by atoms with E-state index in [1.807, 2.05) is 6.07 Å². The van der Waals surface area contributed by atoms with Crippen LogP contribution < -0.4 is 5.32 Å². The molecule has 2 nitrogen and oxygen atoms in total. The first kappa shape index (κ1) is 13.0. The van der Waals surface area contributed by atoms with Crippen LogP contribution in [0.1, 0.15) is 11.1 Å². The number of hydrogen-bond donors (Lipinski definition) is 1. The van der Waals surface area contributed by atoms with Gasteiger partial charge >= 0.3 is 6.18 Å². The van der Waals surface area contributed by atoms with E-state index in [0.717, 1.165) is 12.1 Å². The first-order valence-corrected chi connectivity index (χ1v) is 5.43. The van der Waals surface area contributed by atoms with Crippen molar-refractivity contribution in [3.63, 3.8) is 0 Å². The number of nitriles is 1. The lowest BCUT2D eigenvalue weighted by atomic mass is 10.2. The third-order valence-electron chi connectivity index (χ3n) is 2.49. The van der Waals surface area contributed by atoms with Gasteiger partial charge in [-0.15, -0.1) is 0 Å². The fourth-order valence-electron chi connectivity index (χ4n) is 1.58. The van der Waals surface area contributed by atoms with Gasteiger partial charge in [0.05, 0.1) is 17.2 Å². The van der Waals surface area contributed by atoms with Crippen LogP contribution in [0.2, 0.25) is 0 Å². The first-order valence-electron chi connectivity index (χ1n) is 5.43. The first-order chi connectivity index (χ1) is 8.99. The van der Waals surface area contributed by atoms with Crippen molar-refractivity contribution in [2.24, 2.45) is 0 Å². The molecule has 5 heteroatoms. The second-order valence-corrected chi connectivity index (χ2v) is 3.89. The lowest BCUT2D eigenvalue weighted by Crippen LogP contribution is -2.04. The normalized spacial score (nSPS) is 10.8. The number of nitrogens with one attached hydrogen (secondary N) is 1. The van der Waals surface area contributed by atoms with E-state index < -0.39 is 11.7 Å². The molecule has 0 aliphatic heterocycles. The van der Waals surface area contributed by atoms with E-state index in [9.17, 15) is 13.2 Å². The average molecular weight is 262 g/mol. The standard InChI is InChI=1S/C14H9F3N2/c15-14(16,17)11-4-6-12(7-5-11)19-13-3-1-2-10(8-13)9-18/h1-8,19H. The Morgan fingerprint density at radius 2 is 1.63 bits per heavy atom. The topological polar surface area (TPSA) is 35.8 Å². The minimum absolute atomic E-state index is 0.483. The summed E-state index contributed by atoms with van der Waals surface area (Å²) in [6.07, 6.45) is -4.33. The van der Waals surface area contributed by atoms with Crippen LogP contribution in [0, 0.1) is 11.3 Å². The molecular weight excluding hydrogens is 253 g/mol. The molecule has 0 fully saturated rings. The molecule has 0 atom stereocenters. The molecule has 0 radical (unpaired) electrons. The zero-order valence-electron chi connectivity index (χ0n) is 9.70. The second kappa shape index (κ2) is 5.02. The molecule has 0 spiro atoms. The Kier molecular flexibility index (Phi) is 3.43. The number of anilines is 2. The maximum atomic E-state index is 12.4. The van der Waals surface area contributed by atoms with Gasteiger partial charge in [-0.1, -0.05) is 6.07 Å². The van der Waals surface area contributed by atoms with Crippen LogP contribution in [0.4, 0.5) is 24.5 Å². The van der Waals surface area contributed by atoms with Crippen molar-refractivity contribution in [3.8, 4) is 6.07 Å². The minimum atomic E-state index is -4.33. The van der Waals surface area contributed by atoms with Crippen LogP contribution >= 0.6 is 0 Å². The van der Waals surface area contributed by atoms with Gasteiger partial charge in [-0.3, -0.25) is 0 Å². The van der Waals surface area contributed by atoms with Gasteiger partial charge in [0.2, 0.25) is 0 Å². The van der Waals surface area contributed by atoms with Gasteiger partial charge in [-0.25, -0.2) is 0 Å². The molecule has 2 aromatic rings. The molecule has 96 valence electrons. The van der Waals surface area contributed by atoms with Crippen molar-refractivity contribution in [1.29, 1.82) is 5.26 Å². The van der Waals surface area contributed by atoms with Gasteiger partial charge in [0.25, 0.3) is 0 Å². The van der Waals surface area contributed by atoms with Crippen LogP contribution in [0.25, 0.3) is 0 Å². The number of halogens is 3. The summed E-state index contributed by atoms with van der Waals surface area (Å²) in [5.41, 5.74) is 0.975. The summed E-state index contributed by atoms with van der Waals surface area (Å²) >= 11 is 0. The largest absolute Gasteiger partial charge is 0.416 e. The molecule has 0 aliphatic rings. The van der Waals surface area contributed by atoms with Gasteiger partial charge in [-0.2, -0.15) is 18.4 Å². The van der Waals surface area contributed by atoms with Crippen molar-refractivity contribution in [2.75, 3.05) is 5.32 Å². The predicted octanol–water partition coefficient (Wildman–Crippen LogP) is 4.32. The maximum absolute atomic E-state index is 12.4. The molecule has 1 N–H and O–H groups in total. The van der Waals surface area contributed by atoms with Gasteiger partial charge in [-0.05, 0) is 42.5 Å². The van der Waals surface area contributed by atoms with Gasteiger partial charge < -0.3 is 5.32 Å². The van der Waals surface area contributed by atoms with Crippen molar-refractivity contribution in [1.82, 2.24) is 0 Å². The van der Waals surface area contributed by atoms with Crippen LogP contribution in [-0.4, -0.2) is 0 Å². The van der Waals surface area contributed by atoms with Crippen molar-refractivity contribution in [3.05, 3.63) is 59.7 Å². The van der Waals surface area contributed by atoms with Crippen molar-refractivity contribution < 1.29 is 13.2 Å². The molecule has 0 aromatic heterocycles. The van der Waals surface area contributed by atoms with Crippen LogP contribution in [0.5, 0.6) is 0 Å². The highest BCUT2D eigenvalue weighted by Gasteiger charge is 2.29. The Hall–Kier alpha value is -2.48. The van der Waals surface area contributed by atoms with E-state index in [-0.39, 0.29) is 0 Å². The van der Waals surface area contributed by atoms with E-state index in [2.05, 4.69) is 5.32 Å². The molecular formula is C14H9F3N2. The van der Waals surface area contributed by atoms with Gasteiger partial charge in [0, 0.05) is 11.4 Å². The molecule has 0 amide bonds. The van der Waals surface area contributed by atoms with Crippen LogP contribution in [0.3, 0.4) is 0 Å². The van der Waals surface area contributed by atoms with Crippen molar-refractivity contribution >= 4 is 11.4 Å². The molecule has 2 aromatic carbocycles. The van der Waals surface area contributed by atoms with Gasteiger partial charge in [0.1, 0.15) is 0 Å². The minimum Gasteiger partial charge on any atom is -0.355 e. The smallest absolute Gasteiger partial charge is 0.355 e. The lowest BCUT2D eigenvalue weighted by molar-refractivity contribution is -0.137. The summed E-state index contributed by atoms with van der Waals surface area (Å²) in [5.74, 6) is 0. The monoisotopic (exact) mass is 262 g/mol. The lowest BCUT2D eigenvalue weighted by Gasteiger charge is -2.09.